The molecule has 0 aliphatic heterocycles. The molecule has 0 bridgehead atoms. The van der Waals surface area contributed by atoms with Crippen LogP contribution >= 0.6 is 0 Å². The molecule has 1 aromatic rings. The van der Waals surface area contributed by atoms with E-state index in [4.69, 9.17) is 4.74 Å². The van der Waals surface area contributed by atoms with Gasteiger partial charge in [-0.05, 0) is 23.6 Å². The average molecular weight is 251 g/mol. The Bertz CT molecular complexity index is 435. The van der Waals surface area contributed by atoms with Gasteiger partial charge in [-0.25, -0.2) is 0 Å². The van der Waals surface area contributed by atoms with Crippen LogP contribution in [0, 0.1) is 5.41 Å². The summed E-state index contributed by atoms with van der Waals surface area (Å²) in [7, 11) is 3.26. The molecule has 0 radical (unpaired) electrons. The van der Waals surface area contributed by atoms with Crippen LogP contribution in [0.2, 0.25) is 0 Å². The molecule has 0 fully saturated rings. The number of hydrogen-bond donors (Lipinski definition) is 1. The minimum absolute atomic E-state index is 0.0128. The van der Waals surface area contributed by atoms with Crippen molar-refractivity contribution in [3.63, 3.8) is 0 Å². The van der Waals surface area contributed by atoms with E-state index in [0.29, 0.717) is 12.3 Å². The predicted molar refractivity (Wildman–Crippen MR) is 71.1 cm³/mol. The van der Waals surface area contributed by atoms with Gasteiger partial charge in [0.15, 0.2) is 0 Å². The number of carbonyl (C=O) groups is 1. The van der Waals surface area contributed by atoms with E-state index >= 15 is 0 Å². The van der Waals surface area contributed by atoms with Gasteiger partial charge in [-0.3, -0.25) is 4.79 Å². The average Bonchev–Trinajstić information content (AvgIpc) is 2.26. The number of phenols is 1. The zero-order valence-corrected chi connectivity index (χ0v) is 11.7. The van der Waals surface area contributed by atoms with Crippen molar-refractivity contribution in [2.75, 3.05) is 20.7 Å². The zero-order chi connectivity index (χ0) is 13.9. The minimum Gasteiger partial charge on any atom is -0.507 e. The van der Waals surface area contributed by atoms with Crippen LogP contribution in [0.4, 0.5) is 0 Å². The van der Waals surface area contributed by atoms with Crippen LogP contribution in [0.15, 0.2) is 18.2 Å². The topological polar surface area (TPSA) is 49.8 Å². The van der Waals surface area contributed by atoms with Crippen LogP contribution in [-0.4, -0.2) is 36.6 Å². The first-order chi connectivity index (χ1) is 8.24. The Morgan fingerprint density at radius 1 is 1.39 bits per heavy atom. The fourth-order valence-corrected chi connectivity index (χ4v) is 1.80. The Labute approximate surface area is 108 Å². The number of carbonyl (C=O) groups excluding carboxylic acids is 1. The molecule has 0 saturated heterocycles. The molecule has 0 aliphatic carbocycles. The SMILES string of the molecule is COc1ccc(O)c(C(=O)N(C)CC(C)(C)C)c1. The highest BCUT2D eigenvalue weighted by Gasteiger charge is 2.21. The first kappa shape index (κ1) is 14.4. The van der Waals surface area contributed by atoms with E-state index in [1.807, 2.05) is 0 Å². The number of methoxy groups -OCH3 is 1. The van der Waals surface area contributed by atoms with Crippen molar-refractivity contribution in [3.05, 3.63) is 23.8 Å². The smallest absolute Gasteiger partial charge is 0.257 e. The van der Waals surface area contributed by atoms with Gasteiger partial charge >= 0.3 is 0 Å². The molecule has 0 atom stereocenters. The van der Waals surface area contributed by atoms with Crippen molar-refractivity contribution in [1.82, 2.24) is 4.90 Å². The van der Waals surface area contributed by atoms with E-state index in [1.54, 1.807) is 24.1 Å². The predicted octanol–water partition coefficient (Wildman–Crippen LogP) is 2.52. The lowest BCUT2D eigenvalue weighted by molar-refractivity contribution is 0.0742. The molecule has 0 unspecified atom stereocenters. The lowest BCUT2D eigenvalue weighted by Crippen LogP contribution is -2.34. The van der Waals surface area contributed by atoms with Gasteiger partial charge in [-0.2, -0.15) is 0 Å². The van der Waals surface area contributed by atoms with Crippen molar-refractivity contribution in [3.8, 4) is 11.5 Å². The normalized spacial score (nSPS) is 11.2. The molecule has 0 aliphatic rings. The summed E-state index contributed by atoms with van der Waals surface area (Å²) >= 11 is 0. The fourth-order valence-electron chi connectivity index (χ4n) is 1.80. The number of phenolic OH excluding ortho intramolecular Hbond substituents is 1. The van der Waals surface area contributed by atoms with Crippen LogP contribution < -0.4 is 4.74 Å². The molecule has 4 nitrogen and oxygen atoms in total. The molecule has 0 heterocycles. The molecule has 0 saturated carbocycles. The maximum atomic E-state index is 12.2. The third-order valence-electron chi connectivity index (χ3n) is 2.49. The zero-order valence-electron chi connectivity index (χ0n) is 11.7. The van der Waals surface area contributed by atoms with E-state index in [9.17, 15) is 9.90 Å². The first-order valence-corrected chi connectivity index (χ1v) is 5.87. The highest BCUT2D eigenvalue weighted by atomic mass is 16.5. The van der Waals surface area contributed by atoms with Crippen molar-refractivity contribution in [1.29, 1.82) is 0 Å². The minimum atomic E-state index is -0.207. The maximum absolute atomic E-state index is 12.2. The van der Waals surface area contributed by atoms with E-state index < -0.39 is 0 Å². The lowest BCUT2D eigenvalue weighted by Gasteiger charge is -2.26. The second-order valence-electron chi connectivity index (χ2n) is 5.60. The third kappa shape index (κ3) is 3.65. The molecule has 100 valence electrons. The Hall–Kier alpha value is -1.71. The number of nitrogens with zero attached hydrogens (tertiary/aromatic N) is 1. The van der Waals surface area contributed by atoms with Crippen LogP contribution in [0.1, 0.15) is 31.1 Å². The number of benzene rings is 1. The van der Waals surface area contributed by atoms with Crippen molar-refractivity contribution in [2.24, 2.45) is 5.41 Å². The summed E-state index contributed by atoms with van der Waals surface area (Å²) in [6.07, 6.45) is 0. The van der Waals surface area contributed by atoms with Gasteiger partial charge in [0.2, 0.25) is 0 Å². The monoisotopic (exact) mass is 251 g/mol. The molecule has 1 rings (SSSR count). The van der Waals surface area contributed by atoms with E-state index in [1.165, 1.54) is 13.2 Å². The highest BCUT2D eigenvalue weighted by Crippen LogP contribution is 2.25. The van der Waals surface area contributed by atoms with Crippen molar-refractivity contribution in [2.45, 2.75) is 20.8 Å². The largest absolute Gasteiger partial charge is 0.507 e. The quantitative estimate of drug-likeness (QED) is 0.898. The van der Waals surface area contributed by atoms with Crippen molar-refractivity contribution >= 4 is 5.91 Å². The van der Waals surface area contributed by atoms with Gasteiger partial charge in [-0.1, -0.05) is 20.8 Å². The molecule has 4 heteroatoms. The summed E-state index contributed by atoms with van der Waals surface area (Å²) in [4.78, 5) is 13.8. The Morgan fingerprint density at radius 2 is 2.00 bits per heavy atom. The first-order valence-electron chi connectivity index (χ1n) is 5.87. The van der Waals surface area contributed by atoms with E-state index in [0.717, 1.165) is 0 Å². The summed E-state index contributed by atoms with van der Waals surface area (Å²) < 4.78 is 5.06. The van der Waals surface area contributed by atoms with Gasteiger partial charge in [0.1, 0.15) is 11.5 Å². The molecule has 18 heavy (non-hydrogen) atoms. The number of amides is 1. The Balaban J connectivity index is 2.96. The van der Waals surface area contributed by atoms with Crippen LogP contribution in [0.3, 0.4) is 0 Å². The van der Waals surface area contributed by atoms with Gasteiger partial charge < -0.3 is 14.7 Å². The number of ether oxygens (including phenoxy) is 1. The summed E-state index contributed by atoms with van der Waals surface area (Å²) in [5.41, 5.74) is 0.278. The molecule has 0 aromatic heterocycles. The summed E-state index contributed by atoms with van der Waals surface area (Å²) in [6.45, 7) is 6.79. The Kier molecular flexibility index (Phi) is 4.22. The Morgan fingerprint density at radius 3 is 2.50 bits per heavy atom. The second-order valence-corrected chi connectivity index (χ2v) is 5.60. The number of rotatable bonds is 3. The molecule has 1 aromatic carbocycles. The second kappa shape index (κ2) is 5.29. The van der Waals surface area contributed by atoms with Gasteiger partial charge in [-0.15, -0.1) is 0 Å². The summed E-state index contributed by atoms with van der Waals surface area (Å²) in [5.74, 6) is 0.322. The van der Waals surface area contributed by atoms with Crippen LogP contribution in [0.5, 0.6) is 11.5 Å². The molecule has 0 spiro atoms. The molecular weight excluding hydrogens is 230 g/mol. The summed E-state index contributed by atoms with van der Waals surface area (Å²) in [6, 6.07) is 4.64. The molecular formula is C14H21NO3. The molecule has 1 N–H and O–H groups in total. The number of aromatic hydroxyl groups is 1. The van der Waals surface area contributed by atoms with Gasteiger partial charge in [0, 0.05) is 13.6 Å². The van der Waals surface area contributed by atoms with Gasteiger partial charge in [0.05, 0.1) is 12.7 Å². The van der Waals surface area contributed by atoms with Crippen molar-refractivity contribution < 1.29 is 14.6 Å². The van der Waals surface area contributed by atoms with E-state index in [-0.39, 0.29) is 22.6 Å². The fraction of sp³-hybridized carbons (Fsp3) is 0.500. The maximum Gasteiger partial charge on any atom is 0.257 e. The lowest BCUT2D eigenvalue weighted by atomic mass is 9.96. The third-order valence-corrected chi connectivity index (χ3v) is 2.49. The standard InChI is InChI=1S/C14H21NO3/c1-14(2,3)9-15(4)13(17)11-8-10(18-5)6-7-12(11)16/h6-8,16H,9H2,1-5H3. The van der Waals surface area contributed by atoms with Crippen LogP contribution in [0.25, 0.3) is 0 Å². The van der Waals surface area contributed by atoms with Crippen LogP contribution in [-0.2, 0) is 0 Å². The summed E-state index contributed by atoms with van der Waals surface area (Å²) in [5, 5.41) is 9.75. The van der Waals surface area contributed by atoms with Gasteiger partial charge in [0.25, 0.3) is 5.91 Å². The van der Waals surface area contributed by atoms with E-state index in [2.05, 4.69) is 20.8 Å². The highest BCUT2D eigenvalue weighted by molar-refractivity contribution is 5.97. The number of hydrogen-bond acceptors (Lipinski definition) is 3. The molecule has 1 amide bonds.